The van der Waals surface area contributed by atoms with Crippen molar-refractivity contribution in [2.45, 2.75) is 6.61 Å². The Morgan fingerprint density at radius 2 is 1.80 bits per heavy atom. The number of hydrogen-bond acceptors (Lipinski definition) is 3. The number of allylic oxidation sites excluding steroid dienone is 1. The Balaban J connectivity index is 1.61. The van der Waals surface area contributed by atoms with E-state index in [0.717, 1.165) is 31.1 Å². The fraction of sp³-hybridized carbons (Fsp3) is 0.0435. The van der Waals surface area contributed by atoms with E-state index in [0.29, 0.717) is 28.8 Å². The van der Waals surface area contributed by atoms with Crippen molar-refractivity contribution in [2.75, 3.05) is 0 Å². The van der Waals surface area contributed by atoms with E-state index in [2.05, 4.69) is 47.9 Å². The largest absolute Gasteiger partial charge is 0.486 e. The maximum absolute atomic E-state index is 9.66. The molecule has 0 unspecified atom stereocenters. The van der Waals surface area contributed by atoms with Gasteiger partial charge in [0, 0.05) is 10.6 Å². The molecule has 0 atom stereocenters. The first-order chi connectivity index (χ1) is 14.5. The van der Waals surface area contributed by atoms with E-state index in [1.165, 1.54) is 0 Å². The van der Waals surface area contributed by atoms with Gasteiger partial charge in [0.2, 0.25) is 0 Å². The lowest BCUT2D eigenvalue weighted by atomic mass is 10.1. The highest BCUT2D eigenvalue weighted by Crippen LogP contribution is 2.36. The molecule has 30 heavy (non-hydrogen) atoms. The molecule has 4 nitrogen and oxygen atoms in total. The number of aromatic amines is 1. The number of fused-ring (bicyclic) bond motifs is 1. The number of imidazole rings is 1. The molecule has 0 aliphatic rings. The summed E-state index contributed by atoms with van der Waals surface area (Å²) >= 11 is 13.3. The summed E-state index contributed by atoms with van der Waals surface area (Å²) in [7, 11) is 0. The zero-order valence-corrected chi connectivity index (χ0v) is 19.4. The third-order valence-corrected chi connectivity index (χ3v) is 5.97. The number of nitriles is 1. The van der Waals surface area contributed by atoms with E-state index < -0.39 is 0 Å². The third-order valence-electron chi connectivity index (χ3n) is 4.43. The van der Waals surface area contributed by atoms with E-state index in [1.54, 1.807) is 6.08 Å². The highest BCUT2D eigenvalue weighted by molar-refractivity contribution is 9.11. The summed E-state index contributed by atoms with van der Waals surface area (Å²) in [5.41, 5.74) is 3.88. The number of halogens is 3. The monoisotopic (exact) mass is 541 g/mol. The molecule has 0 radical (unpaired) electrons. The van der Waals surface area contributed by atoms with E-state index in [4.69, 9.17) is 16.3 Å². The van der Waals surface area contributed by atoms with E-state index in [-0.39, 0.29) is 0 Å². The maximum atomic E-state index is 9.66. The fourth-order valence-electron chi connectivity index (χ4n) is 2.97. The zero-order chi connectivity index (χ0) is 21.1. The predicted octanol–water partition coefficient (Wildman–Crippen LogP) is 7.38. The second kappa shape index (κ2) is 9.05. The molecule has 3 aromatic carbocycles. The number of hydrogen-bond donors (Lipinski definition) is 1. The molecule has 0 fully saturated rings. The second-order valence-corrected chi connectivity index (χ2v) is 8.58. The summed E-state index contributed by atoms with van der Waals surface area (Å²) in [5, 5.41) is 10.3. The Labute approximate surface area is 195 Å². The first-order valence-electron chi connectivity index (χ1n) is 8.97. The minimum absolute atomic E-state index is 0.342. The van der Waals surface area contributed by atoms with E-state index in [1.807, 2.05) is 60.7 Å². The van der Waals surface area contributed by atoms with Gasteiger partial charge in [-0.25, -0.2) is 4.98 Å². The molecular weight excluding hydrogens is 530 g/mol. The molecule has 0 amide bonds. The van der Waals surface area contributed by atoms with Gasteiger partial charge in [0.1, 0.15) is 24.3 Å². The lowest BCUT2D eigenvalue weighted by Crippen LogP contribution is -1.98. The molecule has 148 valence electrons. The molecule has 0 bridgehead atoms. The number of para-hydroxylation sites is 2. The van der Waals surface area contributed by atoms with Crippen LogP contribution in [0.4, 0.5) is 0 Å². The van der Waals surface area contributed by atoms with E-state index >= 15 is 0 Å². The summed E-state index contributed by atoms with van der Waals surface area (Å²) in [5.74, 6) is 1.19. The summed E-state index contributed by atoms with van der Waals surface area (Å²) < 4.78 is 7.49. The molecule has 1 aromatic heterocycles. The van der Waals surface area contributed by atoms with Crippen LogP contribution in [0.3, 0.4) is 0 Å². The molecule has 1 heterocycles. The van der Waals surface area contributed by atoms with Crippen molar-refractivity contribution in [3.63, 3.8) is 0 Å². The molecule has 1 N–H and O–H groups in total. The van der Waals surface area contributed by atoms with Crippen LogP contribution in [0.5, 0.6) is 5.75 Å². The Bertz CT molecular complexity index is 1250. The van der Waals surface area contributed by atoms with Gasteiger partial charge in [-0.3, -0.25) is 0 Å². The van der Waals surface area contributed by atoms with Crippen molar-refractivity contribution in [3.05, 3.63) is 91.6 Å². The van der Waals surface area contributed by atoms with Crippen molar-refractivity contribution >= 4 is 66.1 Å². The molecular formula is C23H14Br2ClN3O. The van der Waals surface area contributed by atoms with Crippen molar-refractivity contribution in [1.29, 1.82) is 5.26 Å². The van der Waals surface area contributed by atoms with Gasteiger partial charge in [-0.15, -0.1) is 0 Å². The number of benzene rings is 3. The van der Waals surface area contributed by atoms with Crippen LogP contribution in [-0.2, 0) is 6.61 Å². The number of nitrogens with one attached hydrogen (secondary N) is 1. The van der Waals surface area contributed by atoms with Crippen LogP contribution in [0.1, 0.15) is 17.0 Å². The highest BCUT2D eigenvalue weighted by Gasteiger charge is 2.12. The van der Waals surface area contributed by atoms with Gasteiger partial charge >= 0.3 is 0 Å². The molecule has 0 aliphatic heterocycles. The van der Waals surface area contributed by atoms with Crippen LogP contribution in [-0.4, -0.2) is 9.97 Å². The number of rotatable bonds is 5. The van der Waals surface area contributed by atoms with Crippen molar-refractivity contribution in [1.82, 2.24) is 9.97 Å². The quantitative estimate of drug-likeness (QED) is 0.267. The fourth-order valence-corrected chi connectivity index (χ4v) is 4.61. The summed E-state index contributed by atoms with van der Waals surface area (Å²) in [6.45, 7) is 0.342. The summed E-state index contributed by atoms with van der Waals surface area (Å²) in [6.07, 6.45) is 1.78. The third kappa shape index (κ3) is 4.44. The predicted molar refractivity (Wildman–Crippen MR) is 127 cm³/mol. The van der Waals surface area contributed by atoms with Crippen LogP contribution < -0.4 is 4.74 Å². The Hall–Kier alpha value is -2.59. The SMILES string of the molecule is N#C/C(=C\c1cc(Br)c(OCc2ccccc2Cl)c(Br)c1)c1nc2ccccc2[nH]1. The lowest BCUT2D eigenvalue weighted by Gasteiger charge is -2.12. The number of H-pyrrole nitrogens is 1. The van der Waals surface area contributed by atoms with Crippen LogP contribution in [0.2, 0.25) is 5.02 Å². The average molecular weight is 544 g/mol. The minimum atomic E-state index is 0.342. The second-order valence-electron chi connectivity index (χ2n) is 6.47. The van der Waals surface area contributed by atoms with Gasteiger partial charge < -0.3 is 9.72 Å². The Morgan fingerprint density at radius 3 is 2.50 bits per heavy atom. The van der Waals surface area contributed by atoms with Crippen LogP contribution in [0.15, 0.2) is 69.6 Å². The van der Waals surface area contributed by atoms with Crippen molar-refractivity contribution < 1.29 is 4.74 Å². The van der Waals surface area contributed by atoms with E-state index in [9.17, 15) is 5.26 Å². The van der Waals surface area contributed by atoms with Crippen LogP contribution in [0.25, 0.3) is 22.7 Å². The van der Waals surface area contributed by atoms with Gasteiger partial charge in [0.25, 0.3) is 0 Å². The van der Waals surface area contributed by atoms with Gasteiger partial charge in [0.05, 0.1) is 25.6 Å². The lowest BCUT2D eigenvalue weighted by molar-refractivity contribution is 0.302. The van der Waals surface area contributed by atoms with Gasteiger partial charge in [-0.2, -0.15) is 5.26 Å². The number of aromatic nitrogens is 2. The smallest absolute Gasteiger partial charge is 0.149 e. The molecule has 7 heteroatoms. The van der Waals surface area contributed by atoms with Crippen molar-refractivity contribution in [2.24, 2.45) is 0 Å². The van der Waals surface area contributed by atoms with Crippen molar-refractivity contribution in [3.8, 4) is 11.8 Å². The number of nitrogens with zero attached hydrogens (tertiary/aromatic N) is 2. The van der Waals surface area contributed by atoms with Gasteiger partial charge in [-0.1, -0.05) is 41.9 Å². The standard InChI is InChI=1S/C23H14Br2ClN3O/c24-17-10-14(9-16(12-27)23-28-20-7-3-4-8-21(20)29-23)11-18(25)22(17)30-13-15-5-1-2-6-19(15)26/h1-11H,13H2,(H,28,29)/b16-9+. The molecule has 4 rings (SSSR count). The molecule has 4 aromatic rings. The first kappa shape index (κ1) is 20.7. The van der Waals surface area contributed by atoms with Crippen LogP contribution in [0, 0.1) is 11.3 Å². The van der Waals surface area contributed by atoms with Gasteiger partial charge in [-0.05, 0) is 73.8 Å². The Kier molecular flexibility index (Phi) is 6.24. The molecule has 0 aliphatic carbocycles. The molecule has 0 spiro atoms. The van der Waals surface area contributed by atoms with Gasteiger partial charge in [0.15, 0.2) is 0 Å². The topological polar surface area (TPSA) is 61.7 Å². The molecule has 0 saturated carbocycles. The van der Waals surface area contributed by atoms with Crippen LogP contribution >= 0.6 is 43.5 Å². The summed E-state index contributed by atoms with van der Waals surface area (Å²) in [6, 6.07) is 21.3. The normalized spacial score (nSPS) is 11.5. The first-order valence-corrected chi connectivity index (χ1v) is 10.9. The number of ether oxygens (including phenoxy) is 1. The highest BCUT2D eigenvalue weighted by atomic mass is 79.9. The Morgan fingerprint density at radius 1 is 1.10 bits per heavy atom. The minimum Gasteiger partial charge on any atom is -0.486 e. The zero-order valence-electron chi connectivity index (χ0n) is 15.5. The molecule has 0 saturated heterocycles. The maximum Gasteiger partial charge on any atom is 0.149 e. The summed E-state index contributed by atoms with van der Waals surface area (Å²) in [4.78, 5) is 7.70. The average Bonchev–Trinajstić information content (AvgIpc) is 3.16.